The van der Waals surface area contributed by atoms with E-state index in [0.717, 1.165) is 28.2 Å². The molecule has 27 heavy (non-hydrogen) atoms. The van der Waals surface area contributed by atoms with E-state index in [9.17, 15) is 14.7 Å². The maximum Gasteiger partial charge on any atom is 0.326 e. The van der Waals surface area contributed by atoms with E-state index in [-0.39, 0.29) is 18.7 Å². The lowest BCUT2D eigenvalue weighted by Crippen LogP contribution is -2.42. The number of carboxylic acid groups (broad SMARTS) is 1. The van der Waals surface area contributed by atoms with Gasteiger partial charge in [-0.3, -0.25) is 9.78 Å². The number of hydrogen-bond acceptors (Lipinski definition) is 5. The molecule has 0 radical (unpaired) electrons. The van der Waals surface area contributed by atoms with E-state index >= 15 is 0 Å². The summed E-state index contributed by atoms with van der Waals surface area (Å²) in [6, 6.07) is 4.32. The van der Waals surface area contributed by atoms with Crippen LogP contribution in [0.1, 0.15) is 28.9 Å². The van der Waals surface area contributed by atoms with Crippen LogP contribution in [-0.4, -0.2) is 42.6 Å². The summed E-state index contributed by atoms with van der Waals surface area (Å²) in [6.45, 7) is 3.84. The highest BCUT2D eigenvalue weighted by molar-refractivity contribution is 5.83. The van der Waals surface area contributed by atoms with Crippen molar-refractivity contribution in [2.75, 3.05) is 0 Å². The maximum atomic E-state index is 12.3. The third kappa shape index (κ3) is 4.28. The van der Waals surface area contributed by atoms with Crippen LogP contribution in [-0.2, 0) is 22.4 Å². The molecule has 0 bridgehead atoms. The molecule has 0 aliphatic heterocycles. The van der Waals surface area contributed by atoms with E-state index in [4.69, 9.17) is 0 Å². The molecule has 2 N–H and O–H groups in total. The zero-order valence-electron chi connectivity index (χ0n) is 15.2. The van der Waals surface area contributed by atoms with Gasteiger partial charge in [0.25, 0.3) is 0 Å². The normalized spacial score (nSPS) is 12.1. The van der Waals surface area contributed by atoms with Gasteiger partial charge >= 0.3 is 5.97 Å². The van der Waals surface area contributed by atoms with Crippen molar-refractivity contribution in [2.24, 2.45) is 0 Å². The van der Waals surface area contributed by atoms with Crippen LogP contribution < -0.4 is 5.32 Å². The average Bonchev–Trinajstić information content (AvgIpc) is 3.10. The molecule has 0 aromatic carbocycles. The Bertz CT molecular complexity index is 968. The van der Waals surface area contributed by atoms with E-state index in [0.29, 0.717) is 6.42 Å². The SMILES string of the molecule is Cc1nc2ccnn2c(C)c1CCC(=O)NC(Cc1ccncc1)C(=O)O. The summed E-state index contributed by atoms with van der Waals surface area (Å²) >= 11 is 0. The molecule has 8 nitrogen and oxygen atoms in total. The van der Waals surface area contributed by atoms with Crippen molar-refractivity contribution < 1.29 is 14.7 Å². The molecule has 3 aromatic rings. The fourth-order valence-electron chi connectivity index (χ4n) is 3.09. The predicted molar refractivity (Wildman–Crippen MR) is 98.3 cm³/mol. The van der Waals surface area contributed by atoms with Crippen molar-refractivity contribution in [1.29, 1.82) is 0 Å². The van der Waals surface area contributed by atoms with Gasteiger partial charge in [-0.25, -0.2) is 14.3 Å². The smallest absolute Gasteiger partial charge is 0.326 e. The Hall–Kier alpha value is -3.29. The molecule has 140 valence electrons. The van der Waals surface area contributed by atoms with E-state index < -0.39 is 12.0 Å². The molecule has 0 fully saturated rings. The van der Waals surface area contributed by atoms with Crippen molar-refractivity contribution in [3.05, 3.63) is 59.3 Å². The quantitative estimate of drug-likeness (QED) is 0.655. The van der Waals surface area contributed by atoms with Gasteiger partial charge in [-0.2, -0.15) is 5.10 Å². The number of amides is 1. The van der Waals surface area contributed by atoms with Crippen molar-refractivity contribution >= 4 is 17.5 Å². The molecule has 0 saturated heterocycles. The standard InChI is InChI=1S/C19H21N5O3/c1-12-15(13(2)24-17(22-12)7-10-21-24)3-4-18(25)23-16(19(26)27)11-14-5-8-20-9-6-14/h5-10,16H,3-4,11H2,1-2H3,(H,23,25)(H,26,27). The number of aryl methyl sites for hydroxylation is 2. The first kappa shape index (κ1) is 18.5. The van der Waals surface area contributed by atoms with E-state index in [1.807, 2.05) is 19.9 Å². The second-order valence-corrected chi connectivity index (χ2v) is 6.38. The Morgan fingerprint density at radius 2 is 1.93 bits per heavy atom. The van der Waals surface area contributed by atoms with Gasteiger partial charge in [-0.1, -0.05) is 0 Å². The molecule has 0 aliphatic carbocycles. The number of carbonyl (C=O) groups is 2. The molecule has 3 heterocycles. The summed E-state index contributed by atoms with van der Waals surface area (Å²) in [7, 11) is 0. The monoisotopic (exact) mass is 367 g/mol. The highest BCUT2D eigenvalue weighted by atomic mass is 16.4. The second kappa shape index (κ2) is 7.94. The first-order valence-corrected chi connectivity index (χ1v) is 8.66. The number of nitrogens with zero attached hydrogens (tertiary/aromatic N) is 4. The topological polar surface area (TPSA) is 109 Å². The lowest BCUT2D eigenvalue weighted by Gasteiger charge is -2.15. The highest BCUT2D eigenvalue weighted by Gasteiger charge is 2.21. The van der Waals surface area contributed by atoms with Crippen LogP contribution in [0.4, 0.5) is 0 Å². The maximum absolute atomic E-state index is 12.3. The Balaban J connectivity index is 1.65. The number of carboxylic acids is 1. The molecule has 0 aliphatic rings. The van der Waals surface area contributed by atoms with Crippen molar-refractivity contribution in [1.82, 2.24) is 24.9 Å². The molecule has 1 unspecified atom stereocenters. The minimum atomic E-state index is -1.06. The summed E-state index contributed by atoms with van der Waals surface area (Å²) in [5.41, 5.74) is 4.29. The number of nitrogens with one attached hydrogen (secondary N) is 1. The van der Waals surface area contributed by atoms with Crippen LogP contribution in [0.25, 0.3) is 5.65 Å². The third-order valence-corrected chi connectivity index (χ3v) is 4.52. The zero-order chi connectivity index (χ0) is 19.4. The lowest BCUT2D eigenvalue weighted by molar-refractivity contribution is -0.141. The van der Waals surface area contributed by atoms with Gasteiger partial charge in [0, 0.05) is 42.7 Å². The molecule has 1 atom stereocenters. The molecule has 1 amide bonds. The third-order valence-electron chi connectivity index (χ3n) is 4.52. The van der Waals surface area contributed by atoms with Crippen LogP contribution in [0.15, 0.2) is 36.8 Å². The Morgan fingerprint density at radius 3 is 2.63 bits per heavy atom. The zero-order valence-corrected chi connectivity index (χ0v) is 15.2. The van der Waals surface area contributed by atoms with E-state index in [1.54, 1.807) is 35.2 Å². The number of aliphatic carboxylic acids is 1. The average molecular weight is 367 g/mol. The first-order chi connectivity index (χ1) is 13.0. The molecule has 0 saturated carbocycles. The van der Waals surface area contributed by atoms with Gasteiger partial charge in [0.05, 0.1) is 6.20 Å². The molecule has 3 aromatic heterocycles. The number of aromatic nitrogens is 4. The van der Waals surface area contributed by atoms with Gasteiger partial charge in [-0.05, 0) is 43.5 Å². The summed E-state index contributed by atoms with van der Waals surface area (Å²) in [6.07, 6.45) is 5.73. The number of carbonyl (C=O) groups excluding carboxylic acids is 1. The van der Waals surface area contributed by atoms with E-state index in [2.05, 4.69) is 20.4 Å². The number of rotatable bonds is 7. The Morgan fingerprint density at radius 1 is 1.19 bits per heavy atom. The van der Waals surface area contributed by atoms with Crippen LogP contribution in [0.3, 0.4) is 0 Å². The van der Waals surface area contributed by atoms with Gasteiger partial charge in [0.1, 0.15) is 6.04 Å². The van der Waals surface area contributed by atoms with Crippen molar-refractivity contribution in [3.8, 4) is 0 Å². The molecule has 0 spiro atoms. The van der Waals surface area contributed by atoms with Gasteiger partial charge in [0.15, 0.2) is 5.65 Å². The van der Waals surface area contributed by atoms with Crippen molar-refractivity contribution in [2.45, 2.75) is 39.2 Å². The largest absolute Gasteiger partial charge is 0.480 e. The summed E-state index contributed by atoms with van der Waals surface area (Å²) in [5.74, 6) is -1.37. The summed E-state index contributed by atoms with van der Waals surface area (Å²) in [4.78, 5) is 32.2. The van der Waals surface area contributed by atoms with Crippen LogP contribution in [0.2, 0.25) is 0 Å². The number of hydrogen-bond donors (Lipinski definition) is 2. The first-order valence-electron chi connectivity index (χ1n) is 8.66. The second-order valence-electron chi connectivity index (χ2n) is 6.38. The summed E-state index contributed by atoms with van der Waals surface area (Å²) < 4.78 is 1.74. The van der Waals surface area contributed by atoms with Crippen LogP contribution in [0, 0.1) is 13.8 Å². The van der Waals surface area contributed by atoms with Crippen LogP contribution in [0.5, 0.6) is 0 Å². The minimum absolute atomic E-state index is 0.177. The molecule has 8 heteroatoms. The fourth-order valence-corrected chi connectivity index (χ4v) is 3.09. The molecule has 3 rings (SSSR count). The Labute approximate surface area is 156 Å². The summed E-state index contributed by atoms with van der Waals surface area (Å²) in [5, 5.41) is 16.2. The van der Waals surface area contributed by atoms with Gasteiger partial charge in [-0.15, -0.1) is 0 Å². The fraction of sp³-hybridized carbons (Fsp3) is 0.316. The number of fused-ring (bicyclic) bond motifs is 1. The van der Waals surface area contributed by atoms with Gasteiger partial charge < -0.3 is 10.4 Å². The molecular formula is C19H21N5O3. The van der Waals surface area contributed by atoms with Crippen LogP contribution >= 0.6 is 0 Å². The lowest BCUT2D eigenvalue weighted by atomic mass is 10.0. The molecular weight excluding hydrogens is 346 g/mol. The van der Waals surface area contributed by atoms with Gasteiger partial charge in [0.2, 0.25) is 5.91 Å². The minimum Gasteiger partial charge on any atom is -0.480 e. The Kier molecular flexibility index (Phi) is 5.44. The van der Waals surface area contributed by atoms with E-state index in [1.165, 1.54) is 0 Å². The number of pyridine rings is 1. The van der Waals surface area contributed by atoms with Crippen molar-refractivity contribution in [3.63, 3.8) is 0 Å². The predicted octanol–water partition coefficient (Wildman–Crippen LogP) is 1.49. The highest BCUT2D eigenvalue weighted by Crippen LogP contribution is 2.16.